The van der Waals surface area contributed by atoms with Crippen molar-refractivity contribution < 1.29 is 13.2 Å². The van der Waals surface area contributed by atoms with E-state index in [9.17, 15) is 13.2 Å². The Kier molecular flexibility index (Phi) is 6.82. The van der Waals surface area contributed by atoms with Gasteiger partial charge in [-0.15, -0.1) is 6.58 Å². The SMILES string of the molecule is C=CCN(Cc1ccc(C(=O)Nc2cccc(C)c2)cc1)S(=O)(=O)c1ccccc1. The molecule has 0 radical (unpaired) electrons. The van der Waals surface area contributed by atoms with Crippen molar-refractivity contribution >= 4 is 21.6 Å². The van der Waals surface area contributed by atoms with Crippen LogP contribution in [-0.2, 0) is 16.6 Å². The molecule has 154 valence electrons. The number of aryl methyl sites for hydroxylation is 1. The Hall–Kier alpha value is -3.22. The van der Waals surface area contributed by atoms with E-state index >= 15 is 0 Å². The van der Waals surface area contributed by atoms with E-state index in [-0.39, 0.29) is 23.9 Å². The third-order valence-corrected chi connectivity index (χ3v) is 6.39. The maximum absolute atomic E-state index is 12.9. The van der Waals surface area contributed by atoms with Crippen LogP contribution in [0, 0.1) is 6.92 Å². The van der Waals surface area contributed by atoms with Gasteiger partial charge in [0.1, 0.15) is 0 Å². The molecule has 3 aromatic rings. The molecule has 3 aromatic carbocycles. The van der Waals surface area contributed by atoms with Gasteiger partial charge in [0, 0.05) is 24.3 Å². The molecular formula is C24H24N2O3S. The number of anilines is 1. The zero-order valence-electron chi connectivity index (χ0n) is 16.8. The lowest BCUT2D eigenvalue weighted by Gasteiger charge is -2.21. The predicted octanol–water partition coefficient (Wildman–Crippen LogP) is 4.62. The molecule has 0 saturated carbocycles. The largest absolute Gasteiger partial charge is 0.322 e. The van der Waals surface area contributed by atoms with Crippen LogP contribution in [0.15, 0.2) is 96.4 Å². The summed E-state index contributed by atoms with van der Waals surface area (Å²) in [5, 5.41) is 2.87. The summed E-state index contributed by atoms with van der Waals surface area (Å²) in [6, 6.07) is 22.8. The Bertz CT molecular complexity index is 1120. The first-order valence-electron chi connectivity index (χ1n) is 9.53. The molecule has 3 rings (SSSR count). The second kappa shape index (κ2) is 9.52. The fraction of sp³-hybridized carbons (Fsp3) is 0.125. The molecule has 0 unspecified atom stereocenters. The first kappa shape index (κ1) is 21.5. The van der Waals surface area contributed by atoms with Gasteiger partial charge in [-0.05, 0) is 54.4 Å². The Morgan fingerprint density at radius 1 is 1.00 bits per heavy atom. The minimum absolute atomic E-state index is 0.184. The Morgan fingerprint density at radius 2 is 1.70 bits per heavy atom. The van der Waals surface area contributed by atoms with Crippen molar-refractivity contribution in [3.63, 3.8) is 0 Å². The van der Waals surface area contributed by atoms with Crippen LogP contribution in [0.3, 0.4) is 0 Å². The molecule has 0 aliphatic carbocycles. The van der Waals surface area contributed by atoms with Gasteiger partial charge in [0.05, 0.1) is 4.90 Å². The highest BCUT2D eigenvalue weighted by molar-refractivity contribution is 7.89. The predicted molar refractivity (Wildman–Crippen MR) is 120 cm³/mol. The third-order valence-electron chi connectivity index (χ3n) is 4.56. The van der Waals surface area contributed by atoms with Crippen LogP contribution in [0.25, 0.3) is 0 Å². The van der Waals surface area contributed by atoms with Crippen molar-refractivity contribution in [2.45, 2.75) is 18.4 Å². The highest BCUT2D eigenvalue weighted by atomic mass is 32.2. The lowest BCUT2D eigenvalue weighted by Crippen LogP contribution is -2.30. The Morgan fingerprint density at radius 3 is 2.33 bits per heavy atom. The molecule has 0 atom stereocenters. The zero-order valence-corrected chi connectivity index (χ0v) is 17.6. The topological polar surface area (TPSA) is 66.5 Å². The molecule has 1 amide bonds. The molecule has 0 spiro atoms. The first-order valence-corrected chi connectivity index (χ1v) is 11.0. The summed E-state index contributed by atoms with van der Waals surface area (Å²) >= 11 is 0. The van der Waals surface area contributed by atoms with E-state index in [1.54, 1.807) is 60.7 Å². The van der Waals surface area contributed by atoms with Crippen LogP contribution in [0.4, 0.5) is 5.69 Å². The zero-order chi connectivity index (χ0) is 21.6. The van der Waals surface area contributed by atoms with Crippen LogP contribution in [-0.4, -0.2) is 25.2 Å². The van der Waals surface area contributed by atoms with Gasteiger partial charge >= 0.3 is 0 Å². The van der Waals surface area contributed by atoms with E-state index in [0.717, 1.165) is 16.8 Å². The number of hydrogen-bond acceptors (Lipinski definition) is 3. The molecular weight excluding hydrogens is 396 g/mol. The molecule has 30 heavy (non-hydrogen) atoms. The van der Waals surface area contributed by atoms with Crippen LogP contribution in [0.2, 0.25) is 0 Å². The fourth-order valence-electron chi connectivity index (χ4n) is 3.02. The number of sulfonamides is 1. The molecule has 6 heteroatoms. The Labute approximate surface area is 177 Å². The van der Waals surface area contributed by atoms with Gasteiger partial charge < -0.3 is 5.32 Å². The minimum Gasteiger partial charge on any atom is -0.322 e. The van der Waals surface area contributed by atoms with Crippen molar-refractivity contribution in [3.8, 4) is 0 Å². The Balaban J connectivity index is 1.74. The molecule has 5 nitrogen and oxygen atoms in total. The number of nitrogens with one attached hydrogen (secondary N) is 1. The normalized spacial score (nSPS) is 11.3. The minimum atomic E-state index is -3.65. The summed E-state index contributed by atoms with van der Waals surface area (Å²) in [6.45, 7) is 6.01. The summed E-state index contributed by atoms with van der Waals surface area (Å²) < 4.78 is 27.3. The number of carbonyl (C=O) groups excluding carboxylic acids is 1. The second-order valence-corrected chi connectivity index (χ2v) is 8.86. The van der Waals surface area contributed by atoms with E-state index in [0.29, 0.717) is 5.56 Å². The molecule has 0 fully saturated rings. The standard InChI is InChI=1S/C24H24N2O3S/c1-3-16-26(30(28,29)23-10-5-4-6-11-23)18-20-12-14-21(15-13-20)24(27)25-22-9-7-8-19(2)17-22/h3-15,17H,1,16,18H2,2H3,(H,25,27). The van der Waals surface area contributed by atoms with Crippen molar-refractivity contribution in [3.05, 3.63) is 108 Å². The van der Waals surface area contributed by atoms with Gasteiger partial charge in [-0.2, -0.15) is 4.31 Å². The smallest absolute Gasteiger partial charge is 0.255 e. The molecule has 0 aromatic heterocycles. The van der Waals surface area contributed by atoms with E-state index in [1.807, 2.05) is 31.2 Å². The quantitative estimate of drug-likeness (QED) is 0.541. The molecule has 0 saturated heterocycles. The van der Waals surface area contributed by atoms with E-state index in [2.05, 4.69) is 11.9 Å². The molecule has 0 aliphatic rings. The number of carbonyl (C=O) groups is 1. The average Bonchev–Trinajstić information content (AvgIpc) is 2.74. The van der Waals surface area contributed by atoms with Gasteiger partial charge in [0.25, 0.3) is 5.91 Å². The lowest BCUT2D eigenvalue weighted by molar-refractivity contribution is 0.102. The van der Waals surface area contributed by atoms with Crippen LogP contribution in [0.1, 0.15) is 21.5 Å². The summed E-state index contributed by atoms with van der Waals surface area (Å²) in [5.41, 5.74) is 3.07. The van der Waals surface area contributed by atoms with Crippen LogP contribution >= 0.6 is 0 Å². The fourth-order valence-corrected chi connectivity index (χ4v) is 4.44. The maximum Gasteiger partial charge on any atom is 0.255 e. The van der Waals surface area contributed by atoms with Gasteiger partial charge in [0.15, 0.2) is 0 Å². The van der Waals surface area contributed by atoms with Gasteiger partial charge in [-0.1, -0.05) is 48.5 Å². The number of nitrogens with zero attached hydrogens (tertiary/aromatic N) is 1. The molecule has 0 bridgehead atoms. The molecule has 0 heterocycles. The summed E-state index contributed by atoms with van der Waals surface area (Å²) in [6.07, 6.45) is 1.56. The summed E-state index contributed by atoms with van der Waals surface area (Å²) in [4.78, 5) is 12.7. The number of benzene rings is 3. The molecule has 0 aliphatic heterocycles. The van der Waals surface area contributed by atoms with Crippen LogP contribution in [0.5, 0.6) is 0 Å². The van der Waals surface area contributed by atoms with Gasteiger partial charge in [-0.25, -0.2) is 8.42 Å². The summed E-state index contributed by atoms with van der Waals surface area (Å²) in [5.74, 6) is -0.216. The second-order valence-electron chi connectivity index (χ2n) is 6.92. The van der Waals surface area contributed by atoms with E-state index in [4.69, 9.17) is 0 Å². The van der Waals surface area contributed by atoms with Crippen LogP contribution < -0.4 is 5.32 Å². The monoisotopic (exact) mass is 420 g/mol. The first-order chi connectivity index (χ1) is 14.4. The van der Waals surface area contributed by atoms with Crippen molar-refractivity contribution in [2.75, 3.05) is 11.9 Å². The van der Waals surface area contributed by atoms with Crippen molar-refractivity contribution in [1.82, 2.24) is 4.31 Å². The van der Waals surface area contributed by atoms with Crippen molar-refractivity contribution in [2.24, 2.45) is 0 Å². The van der Waals surface area contributed by atoms with Crippen molar-refractivity contribution in [1.29, 1.82) is 0 Å². The number of rotatable bonds is 8. The third kappa shape index (κ3) is 5.23. The highest BCUT2D eigenvalue weighted by Gasteiger charge is 2.23. The van der Waals surface area contributed by atoms with E-state index < -0.39 is 10.0 Å². The number of hydrogen-bond donors (Lipinski definition) is 1. The van der Waals surface area contributed by atoms with E-state index in [1.165, 1.54) is 4.31 Å². The number of amides is 1. The lowest BCUT2D eigenvalue weighted by atomic mass is 10.1. The average molecular weight is 421 g/mol. The molecule has 1 N–H and O–H groups in total. The summed E-state index contributed by atoms with van der Waals surface area (Å²) in [7, 11) is -3.65. The highest BCUT2D eigenvalue weighted by Crippen LogP contribution is 2.19. The van der Waals surface area contributed by atoms with Gasteiger partial charge in [0.2, 0.25) is 10.0 Å². The maximum atomic E-state index is 12.9. The van der Waals surface area contributed by atoms with Gasteiger partial charge in [-0.3, -0.25) is 4.79 Å².